The van der Waals surface area contributed by atoms with Crippen LogP contribution in [0.3, 0.4) is 0 Å². The first-order valence-corrected chi connectivity index (χ1v) is 6.93. The summed E-state index contributed by atoms with van der Waals surface area (Å²) in [5.41, 5.74) is -0.260. The standard InChI is InChI=1S/C14H24O2/c1-13(15)8-4-3-7-11(13)10-6-5-9-14(2)12(10)16-14/h10-12,15H,3-9H2,1-2H3. The molecule has 0 spiro atoms. The lowest BCUT2D eigenvalue weighted by Crippen LogP contribution is -2.45. The van der Waals surface area contributed by atoms with Crippen LogP contribution in [0.5, 0.6) is 0 Å². The average molecular weight is 224 g/mol. The van der Waals surface area contributed by atoms with Gasteiger partial charge in [0.15, 0.2) is 0 Å². The van der Waals surface area contributed by atoms with Gasteiger partial charge in [-0.25, -0.2) is 0 Å². The van der Waals surface area contributed by atoms with E-state index in [1.54, 1.807) is 0 Å². The molecule has 0 bridgehead atoms. The van der Waals surface area contributed by atoms with Crippen molar-refractivity contribution >= 4 is 0 Å². The maximum absolute atomic E-state index is 10.6. The van der Waals surface area contributed by atoms with Gasteiger partial charge in [-0.3, -0.25) is 0 Å². The van der Waals surface area contributed by atoms with E-state index in [0.717, 1.165) is 6.42 Å². The van der Waals surface area contributed by atoms with E-state index in [2.05, 4.69) is 6.92 Å². The summed E-state index contributed by atoms with van der Waals surface area (Å²) in [4.78, 5) is 0. The van der Waals surface area contributed by atoms with Gasteiger partial charge in [-0.2, -0.15) is 0 Å². The van der Waals surface area contributed by atoms with Gasteiger partial charge in [0.25, 0.3) is 0 Å². The SMILES string of the molecule is CC1(O)CCCCC1C1CCCC2(C)OC12. The Morgan fingerprint density at radius 2 is 1.88 bits per heavy atom. The lowest BCUT2D eigenvalue weighted by Gasteiger charge is -2.42. The molecule has 1 heterocycles. The van der Waals surface area contributed by atoms with Crippen LogP contribution in [0, 0.1) is 11.8 Å². The Balaban J connectivity index is 1.76. The van der Waals surface area contributed by atoms with Crippen LogP contribution in [0.2, 0.25) is 0 Å². The molecule has 0 amide bonds. The third-order valence-corrected chi connectivity index (χ3v) is 5.30. The predicted octanol–water partition coefficient (Wildman–Crippen LogP) is 2.89. The van der Waals surface area contributed by atoms with Crippen LogP contribution in [-0.2, 0) is 4.74 Å². The van der Waals surface area contributed by atoms with Crippen molar-refractivity contribution in [2.24, 2.45) is 11.8 Å². The van der Waals surface area contributed by atoms with Crippen molar-refractivity contribution in [1.29, 1.82) is 0 Å². The summed E-state index contributed by atoms with van der Waals surface area (Å²) in [5.74, 6) is 1.10. The maximum atomic E-state index is 10.6. The van der Waals surface area contributed by atoms with E-state index in [0.29, 0.717) is 17.9 Å². The average Bonchev–Trinajstić information content (AvgIpc) is 2.89. The van der Waals surface area contributed by atoms with Crippen LogP contribution in [0.1, 0.15) is 58.8 Å². The van der Waals surface area contributed by atoms with E-state index in [-0.39, 0.29) is 5.60 Å². The molecule has 92 valence electrons. The molecule has 1 saturated heterocycles. The van der Waals surface area contributed by atoms with Crippen molar-refractivity contribution in [3.8, 4) is 0 Å². The zero-order valence-electron chi connectivity index (χ0n) is 10.5. The van der Waals surface area contributed by atoms with Crippen LogP contribution in [0.4, 0.5) is 0 Å². The van der Waals surface area contributed by atoms with Gasteiger partial charge in [0.05, 0.1) is 17.3 Å². The number of aliphatic hydroxyl groups is 1. The number of hydrogen-bond donors (Lipinski definition) is 1. The molecule has 5 atom stereocenters. The van der Waals surface area contributed by atoms with Gasteiger partial charge in [0.2, 0.25) is 0 Å². The summed E-state index contributed by atoms with van der Waals surface area (Å²) >= 11 is 0. The number of ether oxygens (including phenoxy) is 1. The molecule has 3 aliphatic rings. The van der Waals surface area contributed by atoms with Gasteiger partial charge in [0, 0.05) is 0 Å². The third-order valence-electron chi connectivity index (χ3n) is 5.30. The fourth-order valence-corrected chi connectivity index (χ4v) is 4.27. The minimum absolute atomic E-state index is 0.177. The minimum atomic E-state index is -0.437. The molecule has 0 aromatic rings. The molecule has 3 rings (SSSR count). The van der Waals surface area contributed by atoms with E-state index in [1.165, 1.54) is 38.5 Å². The smallest absolute Gasteiger partial charge is 0.0923 e. The van der Waals surface area contributed by atoms with Crippen molar-refractivity contribution < 1.29 is 9.84 Å². The molecule has 5 unspecified atom stereocenters. The van der Waals surface area contributed by atoms with E-state index in [9.17, 15) is 5.11 Å². The van der Waals surface area contributed by atoms with E-state index < -0.39 is 5.60 Å². The van der Waals surface area contributed by atoms with Gasteiger partial charge in [-0.1, -0.05) is 19.3 Å². The summed E-state index contributed by atoms with van der Waals surface area (Å²) in [6, 6.07) is 0. The monoisotopic (exact) mass is 224 g/mol. The molecular weight excluding hydrogens is 200 g/mol. The maximum Gasteiger partial charge on any atom is 0.0923 e. The third kappa shape index (κ3) is 1.62. The molecule has 0 aromatic heterocycles. The summed E-state index contributed by atoms with van der Waals surface area (Å²) in [5, 5.41) is 10.6. The van der Waals surface area contributed by atoms with Gasteiger partial charge >= 0.3 is 0 Å². The molecule has 1 aliphatic heterocycles. The Kier molecular flexibility index (Phi) is 2.38. The lowest BCUT2D eigenvalue weighted by atomic mass is 9.65. The fourth-order valence-electron chi connectivity index (χ4n) is 4.27. The number of fused-ring (bicyclic) bond motifs is 1. The van der Waals surface area contributed by atoms with Gasteiger partial charge < -0.3 is 9.84 Å². The second kappa shape index (κ2) is 3.46. The Morgan fingerprint density at radius 1 is 1.06 bits per heavy atom. The highest BCUT2D eigenvalue weighted by molar-refractivity contribution is 5.09. The molecule has 1 N–H and O–H groups in total. The van der Waals surface area contributed by atoms with Crippen molar-refractivity contribution in [1.82, 2.24) is 0 Å². The predicted molar refractivity (Wildman–Crippen MR) is 63.2 cm³/mol. The molecule has 0 radical (unpaired) electrons. The molecule has 16 heavy (non-hydrogen) atoms. The second-order valence-corrected chi connectivity index (χ2v) is 6.62. The van der Waals surface area contributed by atoms with E-state index >= 15 is 0 Å². The number of epoxide rings is 1. The minimum Gasteiger partial charge on any atom is -0.390 e. The van der Waals surface area contributed by atoms with Crippen molar-refractivity contribution in [3.05, 3.63) is 0 Å². The van der Waals surface area contributed by atoms with Crippen LogP contribution < -0.4 is 0 Å². The summed E-state index contributed by atoms with van der Waals surface area (Å²) < 4.78 is 5.91. The van der Waals surface area contributed by atoms with Crippen molar-refractivity contribution in [3.63, 3.8) is 0 Å². The van der Waals surface area contributed by atoms with Crippen LogP contribution in [-0.4, -0.2) is 22.4 Å². The Bertz CT molecular complexity index is 286. The number of hydrogen-bond acceptors (Lipinski definition) is 2. The van der Waals surface area contributed by atoms with Crippen molar-refractivity contribution in [2.75, 3.05) is 0 Å². The first-order chi connectivity index (χ1) is 7.53. The highest BCUT2D eigenvalue weighted by atomic mass is 16.6. The van der Waals surface area contributed by atoms with Gasteiger partial charge in [-0.15, -0.1) is 0 Å². The molecule has 2 aliphatic carbocycles. The zero-order chi connectivity index (χ0) is 11.4. The van der Waals surface area contributed by atoms with Crippen LogP contribution in [0.15, 0.2) is 0 Å². The van der Waals surface area contributed by atoms with E-state index in [1.807, 2.05) is 6.92 Å². The molecular formula is C14H24O2. The Morgan fingerprint density at radius 3 is 2.62 bits per heavy atom. The molecule has 2 heteroatoms. The topological polar surface area (TPSA) is 32.8 Å². The lowest BCUT2D eigenvalue weighted by molar-refractivity contribution is -0.0637. The molecule has 0 aromatic carbocycles. The molecule has 3 fully saturated rings. The second-order valence-electron chi connectivity index (χ2n) is 6.62. The number of rotatable bonds is 1. The quantitative estimate of drug-likeness (QED) is 0.695. The fraction of sp³-hybridized carbons (Fsp3) is 1.00. The summed E-state index contributed by atoms with van der Waals surface area (Å²) in [6.07, 6.45) is 8.90. The van der Waals surface area contributed by atoms with Crippen molar-refractivity contribution in [2.45, 2.75) is 76.1 Å². The first-order valence-electron chi connectivity index (χ1n) is 6.93. The Labute approximate surface area is 98.4 Å². The normalized spacial score (nSPS) is 56.8. The largest absolute Gasteiger partial charge is 0.390 e. The highest BCUT2D eigenvalue weighted by Gasteiger charge is 2.61. The first kappa shape index (κ1) is 11.0. The van der Waals surface area contributed by atoms with Gasteiger partial charge in [0.1, 0.15) is 0 Å². The molecule has 2 nitrogen and oxygen atoms in total. The summed E-state index contributed by atoms with van der Waals surface area (Å²) in [6.45, 7) is 4.30. The zero-order valence-corrected chi connectivity index (χ0v) is 10.5. The Hall–Kier alpha value is -0.0800. The summed E-state index contributed by atoms with van der Waals surface area (Å²) in [7, 11) is 0. The van der Waals surface area contributed by atoms with E-state index in [4.69, 9.17) is 4.74 Å². The van der Waals surface area contributed by atoms with Gasteiger partial charge in [-0.05, 0) is 51.4 Å². The molecule has 2 saturated carbocycles. The van der Waals surface area contributed by atoms with Crippen LogP contribution in [0.25, 0.3) is 0 Å². The highest BCUT2D eigenvalue weighted by Crippen LogP contribution is 2.55. The van der Waals surface area contributed by atoms with Crippen LogP contribution >= 0.6 is 0 Å².